The van der Waals surface area contributed by atoms with E-state index >= 15 is 0 Å². The van der Waals surface area contributed by atoms with E-state index in [9.17, 15) is 14.4 Å². The number of nitriles is 1. The van der Waals surface area contributed by atoms with E-state index in [4.69, 9.17) is 9.72 Å². The maximum Gasteiger partial charge on any atom is 0.266 e. The number of nitrogens with one attached hydrogen (secondary N) is 1. The molecule has 1 saturated heterocycles. The summed E-state index contributed by atoms with van der Waals surface area (Å²) in [6, 6.07) is 13.3. The van der Waals surface area contributed by atoms with Crippen molar-refractivity contribution in [3.63, 3.8) is 0 Å². The number of ether oxygens (including phenoxy) is 1. The zero-order chi connectivity index (χ0) is 22.9. The van der Waals surface area contributed by atoms with E-state index in [0.29, 0.717) is 33.5 Å². The molecule has 1 aliphatic heterocycles. The minimum Gasteiger partial charge on any atom is -0.494 e. The van der Waals surface area contributed by atoms with Crippen LogP contribution in [0.4, 0.5) is 4.39 Å². The van der Waals surface area contributed by atoms with Crippen LogP contribution in [0.1, 0.15) is 30.3 Å². The van der Waals surface area contributed by atoms with Crippen molar-refractivity contribution < 1.29 is 9.13 Å². The Hall–Kier alpha value is -4.09. The van der Waals surface area contributed by atoms with Crippen LogP contribution in [-0.2, 0) is 0 Å². The topological polar surface area (TPSA) is 92.8 Å². The van der Waals surface area contributed by atoms with E-state index in [1.807, 2.05) is 12.1 Å². The highest BCUT2D eigenvalue weighted by molar-refractivity contribution is 5.94. The fourth-order valence-corrected chi connectivity index (χ4v) is 4.31. The lowest BCUT2D eigenvalue weighted by atomic mass is 10.00. The van der Waals surface area contributed by atoms with Crippen molar-refractivity contribution in [2.45, 2.75) is 18.9 Å². The van der Waals surface area contributed by atoms with Gasteiger partial charge in [-0.05, 0) is 61.3 Å². The largest absolute Gasteiger partial charge is 0.494 e. The monoisotopic (exact) mass is 441 g/mol. The van der Waals surface area contributed by atoms with E-state index in [1.165, 1.54) is 29.9 Å². The third-order valence-electron chi connectivity index (χ3n) is 5.88. The number of methoxy groups -OCH3 is 1. The number of pyridine rings is 1. The van der Waals surface area contributed by atoms with Crippen LogP contribution in [0, 0.1) is 17.1 Å². The molecule has 1 N–H and O–H groups in total. The Labute approximate surface area is 189 Å². The molecular weight excluding hydrogens is 421 g/mol. The van der Waals surface area contributed by atoms with Crippen LogP contribution in [0.25, 0.3) is 27.7 Å². The van der Waals surface area contributed by atoms with Crippen LogP contribution in [0.5, 0.6) is 5.75 Å². The normalized spacial score (nSPS) is 15.5. The van der Waals surface area contributed by atoms with Gasteiger partial charge in [-0.1, -0.05) is 0 Å². The molecular formula is C25H20FN5O2. The molecule has 1 atom stereocenters. The minimum absolute atomic E-state index is 0.0906. The van der Waals surface area contributed by atoms with E-state index in [2.05, 4.69) is 16.4 Å². The SMILES string of the molecule is COc1ccc(-n2c([C@@H]3CCCN3)nc3c(-c4ccncc4)cc(C#N)cc3c2=O)cc1F. The Kier molecular flexibility index (Phi) is 5.32. The van der Waals surface area contributed by atoms with Crippen LogP contribution in [0.15, 0.2) is 59.7 Å². The summed E-state index contributed by atoms with van der Waals surface area (Å²) in [7, 11) is 1.39. The molecule has 0 radical (unpaired) electrons. The van der Waals surface area contributed by atoms with Gasteiger partial charge in [0.1, 0.15) is 5.82 Å². The van der Waals surface area contributed by atoms with Crippen molar-refractivity contribution in [3.8, 4) is 28.6 Å². The fourth-order valence-electron chi connectivity index (χ4n) is 4.31. The van der Waals surface area contributed by atoms with Gasteiger partial charge in [0.2, 0.25) is 0 Å². The second-order valence-corrected chi connectivity index (χ2v) is 7.85. The minimum atomic E-state index is -0.574. The smallest absolute Gasteiger partial charge is 0.266 e. The number of hydrogen-bond acceptors (Lipinski definition) is 6. The van der Waals surface area contributed by atoms with Crippen LogP contribution in [0.2, 0.25) is 0 Å². The summed E-state index contributed by atoms with van der Waals surface area (Å²) < 4.78 is 21.0. The van der Waals surface area contributed by atoms with Crippen molar-refractivity contribution in [2.75, 3.05) is 13.7 Å². The number of benzene rings is 2. The van der Waals surface area contributed by atoms with Crippen molar-refractivity contribution in [1.82, 2.24) is 19.9 Å². The van der Waals surface area contributed by atoms with Gasteiger partial charge in [-0.3, -0.25) is 14.3 Å². The quantitative estimate of drug-likeness (QED) is 0.517. The Balaban J connectivity index is 1.86. The van der Waals surface area contributed by atoms with Crippen molar-refractivity contribution in [2.24, 2.45) is 0 Å². The van der Waals surface area contributed by atoms with E-state index < -0.39 is 5.82 Å². The summed E-state index contributed by atoms with van der Waals surface area (Å²) in [5, 5.41) is 13.3. The van der Waals surface area contributed by atoms with Crippen LogP contribution >= 0.6 is 0 Å². The number of halogens is 1. The molecule has 1 aliphatic rings. The highest BCUT2D eigenvalue weighted by atomic mass is 19.1. The first-order valence-electron chi connectivity index (χ1n) is 10.6. The van der Waals surface area contributed by atoms with Gasteiger partial charge in [-0.15, -0.1) is 0 Å². The molecule has 2 aromatic heterocycles. The molecule has 8 heteroatoms. The Morgan fingerprint density at radius 3 is 2.70 bits per heavy atom. The molecule has 2 aromatic carbocycles. The Bertz CT molecular complexity index is 1450. The molecule has 7 nitrogen and oxygen atoms in total. The number of hydrogen-bond donors (Lipinski definition) is 1. The standard InChI is InChI=1S/C25H20FN5O2/c1-33-22-5-4-17(13-20(22)26)31-24(21-3-2-8-29-21)30-23-18(16-6-9-28-10-7-16)11-15(14-27)12-19(23)25(31)32/h4-7,9-13,21,29H,2-3,8H2,1H3/t21-/m0/s1. The van der Waals surface area contributed by atoms with E-state index in [-0.39, 0.29) is 17.4 Å². The Morgan fingerprint density at radius 2 is 2.03 bits per heavy atom. The third kappa shape index (κ3) is 3.62. The molecule has 0 spiro atoms. The summed E-state index contributed by atoms with van der Waals surface area (Å²) in [6.07, 6.45) is 5.06. The predicted octanol–water partition coefficient (Wildman–Crippen LogP) is 3.89. The van der Waals surface area contributed by atoms with E-state index in [0.717, 1.165) is 24.9 Å². The molecule has 5 rings (SSSR count). The molecule has 164 valence electrons. The fraction of sp³-hybridized carbons (Fsp3) is 0.200. The lowest BCUT2D eigenvalue weighted by Crippen LogP contribution is -2.29. The molecule has 0 saturated carbocycles. The highest BCUT2D eigenvalue weighted by Crippen LogP contribution is 2.31. The first-order chi connectivity index (χ1) is 16.1. The average molecular weight is 441 g/mol. The number of fused-ring (bicyclic) bond motifs is 1. The first kappa shape index (κ1) is 20.8. The van der Waals surface area contributed by atoms with Crippen molar-refractivity contribution in [3.05, 3.63) is 82.4 Å². The zero-order valence-electron chi connectivity index (χ0n) is 17.9. The second-order valence-electron chi connectivity index (χ2n) is 7.85. The lowest BCUT2D eigenvalue weighted by molar-refractivity contribution is 0.386. The maximum absolute atomic E-state index is 14.6. The molecule has 0 unspecified atom stereocenters. The van der Waals surface area contributed by atoms with Crippen molar-refractivity contribution >= 4 is 10.9 Å². The average Bonchev–Trinajstić information content (AvgIpc) is 3.39. The maximum atomic E-state index is 14.6. The van der Waals surface area contributed by atoms with Crippen LogP contribution in [0.3, 0.4) is 0 Å². The van der Waals surface area contributed by atoms with Crippen LogP contribution < -0.4 is 15.6 Å². The van der Waals surface area contributed by atoms with Gasteiger partial charge in [-0.25, -0.2) is 9.37 Å². The van der Waals surface area contributed by atoms with E-state index in [1.54, 1.807) is 24.5 Å². The van der Waals surface area contributed by atoms with Crippen molar-refractivity contribution in [1.29, 1.82) is 5.26 Å². The molecule has 0 bridgehead atoms. The molecule has 33 heavy (non-hydrogen) atoms. The van der Waals surface area contributed by atoms with Gasteiger partial charge in [0, 0.05) is 24.0 Å². The number of aromatic nitrogens is 3. The lowest BCUT2D eigenvalue weighted by Gasteiger charge is -2.20. The molecule has 4 aromatic rings. The number of rotatable bonds is 4. The molecule has 1 fully saturated rings. The van der Waals surface area contributed by atoms with Gasteiger partial charge in [0.05, 0.1) is 41.4 Å². The van der Waals surface area contributed by atoms with Gasteiger partial charge in [0.15, 0.2) is 11.6 Å². The zero-order valence-corrected chi connectivity index (χ0v) is 17.9. The summed E-state index contributed by atoms with van der Waals surface area (Å²) >= 11 is 0. The summed E-state index contributed by atoms with van der Waals surface area (Å²) in [5.41, 5.74) is 2.31. The molecule has 0 aliphatic carbocycles. The number of nitrogens with zero attached hydrogens (tertiary/aromatic N) is 4. The predicted molar refractivity (Wildman–Crippen MR) is 122 cm³/mol. The molecule has 0 amide bonds. The Morgan fingerprint density at radius 1 is 1.21 bits per heavy atom. The first-order valence-corrected chi connectivity index (χ1v) is 10.6. The van der Waals surface area contributed by atoms with Gasteiger partial charge < -0.3 is 10.1 Å². The summed E-state index contributed by atoms with van der Waals surface area (Å²) in [4.78, 5) is 22.8. The third-order valence-corrected chi connectivity index (χ3v) is 5.88. The van der Waals surface area contributed by atoms with Gasteiger partial charge in [0.25, 0.3) is 5.56 Å². The van der Waals surface area contributed by atoms with Gasteiger partial charge in [-0.2, -0.15) is 5.26 Å². The highest BCUT2D eigenvalue weighted by Gasteiger charge is 2.25. The van der Waals surface area contributed by atoms with Gasteiger partial charge >= 0.3 is 0 Å². The molecule has 3 heterocycles. The summed E-state index contributed by atoms with van der Waals surface area (Å²) in [6.45, 7) is 0.806. The second kappa shape index (κ2) is 8.45. The summed E-state index contributed by atoms with van der Waals surface area (Å²) in [5.74, 6) is 0.0259. The van der Waals surface area contributed by atoms with Crippen LogP contribution in [-0.4, -0.2) is 28.2 Å².